The second-order valence-corrected chi connectivity index (χ2v) is 9.49. The smallest absolute Gasteiger partial charge is 0.275 e. The molecule has 6 heteroatoms. The summed E-state index contributed by atoms with van der Waals surface area (Å²) in [5.74, 6) is -0.0206. The number of nitrogens with one attached hydrogen (secondary N) is 1. The summed E-state index contributed by atoms with van der Waals surface area (Å²) in [6.45, 7) is 2.23. The predicted molar refractivity (Wildman–Crippen MR) is 133 cm³/mol. The number of aromatic nitrogens is 2. The molecule has 172 valence electrons. The maximum atomic E-state index is 14.0. The number of piperazine rings is 1. The van der Waals surface area contributed by atoms with Gasteiger partial charge in [0.05, 0.1) is 5.69 Å². The van der Waals surface area contributed by atoms with Crippen molar-refractivity contribution in [1.29, 1.82) is 0 Å². The molecule has 3 aromatic rings. The molecule has 1 N–H and O–H groups in total. The lowest BCUT2D eigenvalue weighted by atomic mass is 9.94. The summed E-state index contributed by atoms with van der Waals surface area (Å²) < 4.78 is 2.14. The number of nitrogens with zero attached hydrogens (tertiary/aromatic N) is 3. The molecule has 2 fully saturated rings. The quantitative estimate of drug-likeness (QED) is 0.554. The molecule has 1 saturated carbocycles. The van der Waals surface area contributed by atoms with E-state index in [9.17, 15) is 4.79 Å². The molecule has 2 heterocycles. The lowest BCUT2D eigenvalue weighted by Gasteiger charge is -2.36. The van der Waals surface area contributed by atoms with Crippen LogP contribution in [0.25, 0.3) is 11.3 Å². The molecule has 0 unspecified atom stereocenters. The molecular formula is C27H31ClN4O. The van der Waals surface area contributed by atoms with Crippen molar-refractivity contribution in [3.63, 3.8) is 0 Å². The number of hydrogen-bond donors (Lipinski definition) is 1. The number of benzene rings is 2. The SMILES string of the molecule is O=C(c1nc(Cl)n(C2CCCCC2)c1-c1ccccc1)N1CCNC[C@H]1Cc1ccccc1. The number of carbonyl (C=O) groups is 1. The van der Waals surface area contributed by atoms with E-state index in [1.54, 1.807) is 0 Å². The van der Waals surface area contributed by atoms with Crippen LogP contribution in [0.15, 0.2) is 60.7 Å². The molecule has 5 rings (SSSR count). The fourth-order valence-corrected chi connectivity index (χ4v) is 5.64. The van der Waals surface area contributed by atoms with Crippen molar-refractivity contribution in [2.75, 3.05) is 19.6 Å². The van der Waals surface area contributed by atoms with Gasteiger partial charge in [0.15, 0.2) is 5.69 Å². The van der Waals surface area contributed by atoms with Gasteiger partial charge < -0.3 is 14.8 Å². The van der Waals surface area contributed by atoms with Crippen molar-refractivity contribution in [2.45, 2.75) is 50.6 Å². The van der Waals surface area contributed by atoms with Crippen LogP contribution in [0.5, 0.6) is 0 Å². The van der Waals surface area contributed by atoms with E-state index in [0.717, 1.165) is 43.6 Å². The summed E-state index contributed by atoms with van der Waals surface area (Å²) >= 11 is 6.75. The summed E-state index contributed by atoms with van der Waals surface area (Å²) in [6, 6.07) is 20.9. The van der Waals surface area contributed by atoms with Gasteiger partial charge in [-0.3, -0.25) is 4.79 Å². The molecule has 33 heavy (non-hydrogen) atoms. The van der Waals surface area contributed by atoms with E-state index in [2.05, 4.69) is 46.3 Å². The van der Waals surface area contributed by atoms with Crippen LogP contribution in [0, 0.1) is 0 Å². The summed E-state index contributed by atoms with van der Waals surface area (Å²) in [6.07, 6.45) is 6.61. The number of hydrogen-bond acceptors (Lipinski definition) is 3. The van der Waals surface area contributed by atoms with Crippen molar-refractivity contribution in [3.8, 4) is 11.3 Å². The second kappa shape index (κ2) is 10.1. The summed E-state index contributed by atoms with van der Waals surface area (Å²) in [5, 5.41) is 3.89. The molecule has 0 spiro atoms. The molecule has 1 aliphatic heterocycles. The van der Waals surface area contributed by atoms with Crippen molar-refractivity contribution in [2.24, 2.45) is 0 Å². The van der Waals surface area contributed by atoms with Crippen LogP contribution in [0.1, 0.15) is 54.2 Å². The Hall–Kier alpha value is -2.63. The fraction of sp³-hybridized carbons (Fsp3) is 0.407. The Kier molecular flexibility index (Phi) is 6.79. The van der Waals surface area contributed by atoms with Crippen molar-refractivity contribution in [1.82, 2.24) is 19.8 Å². The summed E-state index contributed by atoms with van der Waals surface area (Å²) in [5.41, 5.74) is 3.59. The van der Waals surface area contributed by atoms with Gasteiger partial charge in [-0.05, 0) is 36.4 Å². The molecule has 0 bridgehead atoms. The van der Waals surface area contributed by atoms with Crippen molar-refractivity contribution >= 4 is 17.5 Å². The van der Waals surface area contributed by atoms with Crippen LogP contribution in [0.4, 0.5) is 0 Å². The average molecular weight is 463 g/mol. The number of halogens is 1. The first-order chi connectivity index (χ1) is 16.2. The molecule has 5 nitrogen and oxygen atoms in total. The Bertz CT molecular complexity index is 1080. The number of carbonyl (C=O) groups excluding carboxylic acids is 1. The molecule has 1 aliphatic carbocycles. The maximum absolute atomic E-state index is 14.0. The fourth-order valence-electron chi connectivity index (χ4n) is 5.33. The zero-order valence-electron chi connectivity index (χ0n) is 18.9. The van der Waals surface area contributed by atoms with Crippen LogP contribution in [0.3, 0.4) is 0 Å². The van der Waals surface area contributed by atoms with Crippen LogP contribution in [-0.4, -0.2) is 46.0 Å². The second-order valence-electron chi connectivity index (χ2n) is 9.15. The third-order valence-electron chi connectivity index (χ3n) is 6.98. The Morgan fingerprint density at radius 3 is 2.42 bits per heavy atom. The van der Waals surface area contributed by atoms with Gasteiger partial charge in [-0.25, -0.2) is 4.98 Å². The monoisotopic (exact) mass is 462 g/mol. The molecule has 2 aromatic carbocycles. The average Bonchev–Trinajstić information content (AvgIpc) is 3.22. The van der Waals surface area contributed by atoms with E-state index in [4.69, 9.17) is 16.6 Å². The normalized spacial score (nSPS) is 19.5. The zero-order valence-corrected chi connectivity index (χ0v) is 19.7. The highest BCUT2D eigenvalue weighted by Gasteiger charge is 2.34. The Labute approximate surface area is 200 Å². The first kappa shape index (κ1) is 22.2. The Morgan fingerprint density at radius 2 is 1.70 bits per heavy atom. The minimum atomic E-state index is -0.0206. The van der Waals surface area contributed by atoms with Crippen molar-refractivity contribution in [3.05, 3.63) is 77.2 Å². The standard InChI is InChI=1S/C27H31ClN4O/c28-27-30-24(25(21-12-6-2-7-13-21)32(27)22-14-8-3-9-15-22)26(33)31-17-16-29-19-23(31)18-20-10-4-1-5-11-20/h1-2,4-7,10-13,22-23,29H,3,8-9,14-19H2/t23-/m1/s1. The maximum Gasteiger partial charge on any atom is 0.275 e. The van der Waals surface area contributed by atoms with Gasteiger partial charge in [0.2, 0.25) is 5.28 Å². The van der Waals surface area contributed by atoms with Gasteiger partial charge >= 0.3 is 0 Å². The molecule has 1 saturated heterocycles. The van der Waals surface area contributed by atoms with Crippen LogP contribution in [0.2, 0.25) is 5.28 Å². The highest BCUT2D eigenvalue weighted by molar-refractivity contribution is 6.29. The third kappa shape index (κ3) is 4.71. The van der Waals surface area contributed by atoms with Crippen LogP contribution in [-0.2, 0) is 6.42 Å². The number of amides is 1. The van der Waals surface area contributed by atoms with Crippen LogP contribution >= 0.6 is 11.6 Å². The molecule has 2 aliphatic rings. The Morgan fingerprint density at radius 1 is 1.00 bits per heavy atom. The Balaban J connectivity index is 1.53. The lowest BCUT2D eigenvalue weighted by molar-refractivity contribution is 0.0631. The van der Waals surface area contributed by atoms with Gasteiger partial charge in [-0.2, -0.15) is 0 Å². The van der Waals surface area contributed by atoms with Crippen LogP contribution < -0.4 is 5.32 Å². The predicted octanol–water partition coefficient (Wildman–Crippen LogP) is 5.37. The number of imidazole rings is 1. The first-order valence-corrected chi connectivity index (χ1v) is 12.5. The molecule has 1 atom stereocenters. The minimum absolute atomic E-state index is 0.0206. The zero-order chi connectivity index (χ0) is 22.6. The van der Waals surface area contributed by atoms with Gasteiger partial charge in [-0.1, -0.05) is 79.9 Å². The molecule has 1 aromatic heterocycles. The topological polar surface area (TPSA) is 50.2 Å². The largest absolute Gasteiger partial charge is 0.331 e. The highest BCUT2D eigenvalue weighted by atomic mass is 35.5. The van der Waals surface area contributed by atoms with E-state index in [1.165, 1.54) is 24.8 Å². The van der Waals surface area contributed by atoms with E-state index in [0.29, 0.717) is 23.6 Å². The summed E-state index contributed by atoms with van der Waals surface area (Å²) in [7, 11) is 0. The lowest BCUT2D eigenvalue weighted by Crippen LogP contribution is -2.54. The molecular weight excluding hydrogens is 432 g/mol. The van der Waals surface area contributed by atoms with Crippen molar-refractivity contribution < 1.29 is 4.79 Å². The summed E-state index contributed by atoms with van der Waals surface area (Å²) in [4.78, 5) is 20.7. The van der Waals surface area contributed by atoms with E-state index in [-0.39, 0.29) is 11.9 Å². The molecule has 0 radical (unpaired) electrons. The number of rotatable bonds is 5. The van der Waals surface area contributed by atoms with Gasteiger partial charge in [0, 0.05) is 37.3 Å². The van der Waals surface area contributed by atoms with E-state index in [1.807, 2.05) is 29.2 Å². The van der Waals surface area contributed by atoms with Gasteiger partial charge in [0.25, 0.3) is 5.91 Å². The third-order valence-corrected chi connectivity index (χ3v) is 7.25. The van der Waals surface area contributed by atoms with E-state index >= 15 is 0 Å². The first-order valence-electron chi connectivity index (χ1n) is 12.1. The van der Waals surface area contributed by atoms with Gasteiger partial charge in [0.1, 0.15) is 0 Å². The molecule has 1 amide bonds. The van der Waals surface area contributed by atoms with Gasteiger partial charge in [-0.15, -0.1) is 0 Å². The van der Waals surface area contributed by atoms with E-state index < -0.39 is 0 Å². The highest BCUT2D eigenvalue weighted by Crippen LogP contribution is 2.38. The minimum Gasteiger partial charge on any atom is -0.331 e.